The molecule has 1 nitrogen and oxygen atoms in total. The Bertz CT molecular complexity index is 1060. The number of benzene rings is 4. The van der Waals surface area contributed by atoms with Crippen LogP contribution in [0.4, 0.5) is 0 Å². The van der Waals surface area contributed by atoms with Gasteiger partial charge in [-0.15, -0.1) is 0 Å². The highest BCUT2D eigenvalue weighted by molar-refractivity contribution is 7.95. The lowest BCUT2D eigenvalue weighted by Gasteiger charge is -2.29. The van der Waals surface area contributed by atoms with Gasteiger partial charge in [-0.05, 0) is 85.5 Å². The van der Waals surface area contributed by atoms with Gasteiger partial charge < -0.3 is 4.74 Å². The summed E-state index contributed by atoms with van der Waals surface area (Å²) in [5.41, 5.74) is 5.30. The molecule has 2 heteroatoms. The third-order valence-corrected chi connectivity index (χ3v) is 10.7. The minimum atomic E-state index is -1.91. The van der Waals surface area contributed by atoms with Crippen LogP contribution in [0.3, 0.4) is 0 Å². The van der Waals surface area contributed by atoms with Crippen molar-refractivity contribution >= 4 is 23.2 Å². The van der Waals surface area contributed by atoms with Gasteiger partial charge in [-0.3, -0.25) is 0 Å². The van der Waals surface area contributed by atoms with Gasteiger partial charge in [-0.1, -0.05) is 54.6 Å². The molecule has 31 heavy (non-hydrogen) atoms. The number of rotatable bonds is 6. The first-order valence-electron chi connectivity index (χ1n) is 10.8. The van der Waals surface area contributed by atoms with E-state index in [4.69, 9.17) is 4.74 Å². The van der Waals surface area contributed by atoms with Crippen LogP contribution >= 0.6 is 7.26 Å². The maximum Gasteiger partial charge on any atom is 0.122 e. The highest BCUT2D eigenvalue weighted by Gasteiger charge is 2.46. The first-order valence-corrected chi connectivity index (χ1v) is 12.7. The number of hydrogen-bond donors (Lipinski definition) is 0. The van der Waals surface area contributed by atoms with Crippen molar-refractivity contribution in [3.8, 4) is 5.75 Å². The molecule has 0 bridgehead atoms. The summed E-state index contributed by atoms with van der Waals surface area (Å²) in [5, 5.41) is 4.25. The molecule has 0 saturated heterocycles. The molecule has 4 rings (SSSR count). The highest BCUT2D eigenvalue weighted by atomic mass is 31.2. The van der Waals surface area contributed by atoms with E-state index in [1.807, 2.05) is 0 Å². The van der Waals surface area contributed by atoms with Crippen LogP contribution < -0.4 is 20.7 Å². The smallest absolute Gasteiger partial charge is 0.122 e. The van der Waals surface area contributed by atoms with Gasteiger partial charge in [0.2, 0.25) is 0 Å². The predicted octanol–water partition coefficient (Wildman–Crippen LogP) is 6.11. The summed E-state index contributed by atoms with van der Waals surface area (Å²) in [6.45, 7) is 6.64. The Balaban J connectivity index is 2.04. The Kier molecular flexibility index (Phi) is 6.25. The zero-order chi connectivity index (χ0) is 21.8. The zero-order valence-corrected chi connectivity index (χ0v) is 19.7. The van der Waals surface area contributed by atoms with Crippen molar-refractivity contribution < 1.29 is 4.74 Å². The van der Waals surface area contributed by atoms with E-state index in [1.165, 1.54) is 38.2 Å². The molecular formula is C29H30OP+. The Morgan fingerprint density at radius 2 is 1.03 bits per heavy atom. The zero-order valence-electron chi connectivity index (χ0n) is 18.8. The van der Waals surface area contributed by atoms with Crippen molar-refractivity contribution in [1.29, 1.82) is 0 Å². The Morgan fingerprint density at radius 1 is 0.613 bits per heavy atom. The van der Waals surface area contributed by atoms with E-state index in [1.54, 1.807) is 7.11 Å². The fourth-order valence-corrected chi connectivity index (χ4v) is 9.01. The molecule has 0 aromatic heterocycles. The summed E-state index contributed by atoms with van der Waals surface area (Å²) < 4.78 is 5.65. The second-order valence-corrected chi connectivity index (χ2v) is 11.6. The van der Waals surface area contributed by atoms with Gasteiger partial charge in [0.1, 0.15) is 28.9 Å². The summed E-state index contributed by atoms with van der Waals surface area (Å²) in [6, 6.07) is 35.5. The van der Waals surface area contributed by atoms with Gasteiger partial charge in [-0.25, -0.2) is 0 Å². The molecule has 0 atom stereocenters. The second-order valence-electron chi connectivity index (χ2n) is 8.10. The van der Waals surface area contributed by atoms with Gasteiger partial charge in [0, 0.05) is 0 Å². The molecule has 0 fully saturated rings. The van der Waals surface area contributed by atoms with Crippen molar-refractivity contribution in [1.82, 2.24) is 0 Å². The van der Waals surface area contributed by atoms with Crippen LogP contribution in [0, 0.1) is 20.8 Å². The van der Waals surface area contributed by atoms with Crippen molar-refractivity contribution in [3.05, 3.63) is 119 Å². The van der Waals surface area contributed by atoms with E-state index >= 15 is 0 Å². The average Bonchev–Trinajstić information content (AvgIpc) is 2.83. The van der Waals surface area contributed by atoms with E-state index in [0.717, 1.165) is 11.9 Å². The maximum absolute atomic E-state index is 5.65. The van der Waals surface area contributed by atoms with E-state index in [-0.39, 0.29) is 0 Å². The number of hydrogen-bond acceptors (Lipinski definition) is 1. The van der Waals surface area contributed by atoms with E-state index in [9.17, 15) is 0 Å². The van der Waals surface area contributed by atoms with Crippen LogP contribution in [0.5, 0.6) is 5.75 Å². The van der Waals surface area contributed by atoms with E-state index in [2.05, 4.69) is 118 Å². The van der Waals surface area contributed by atoms with Crippen LogP contribution in [0.25, 0.3) is 0 Å². The first-order chi connectivity index (χ1) is 15.1. The van der Waals surface area contributed by atoms with Gasteiger partial charge in [0.05, 0.1) is 13.3 Å². The lowest BCUT2D eigenvalue weighted by Crippen LogP contribution is -2.32. The summed E-state index contributed by atoms with van der Waals surface area (Å²) in [5.74, 6) is 0.974. The van der Waals surface area contributed by atoms with E-state index < -0.39 is 7.26 Å². The molecule has 0 radical (unpaired) electrons. The van der Waals surface area contributed by atoms with Gasteiger partial charge in [-0.2, -0.15) is 0 Å². The minimum Gasteiger partial charge on any atom is -0.496 e. The molecule has 0 aliphatic rings. The number of ether oxygens (including phenoxy) is 1. The molecule has 0 heterocycles. The third-order valence-electron chi connectivity index (χ3n) is 6.41. The molecule has 4 aromatic carbocycles. The largest absolute Gasteiger partial charge is 0.496 e. The second kappa shape index (κ2) is 9.08. The van der Waals surface area contributed by atoms with Crippen molar-refractivity contribution in [3.63, 3.8) is 0 Å². The predicted molar refractivity (Wildman–Crippen MR) is 136 cm³/mol. The fourth-order valence-electron chi connectivity index (χ4n) is 4.56. The van der Waals surface area contributed by atoms with Crippen molar-refractivity contribution in [2.24, 2.45) is 0 Å². The lowest BCUT2D eigenvalue weighted by molar-refractivity contribution is 0.411. The molecule has 0 spiro atoms. The van der Waals surface area contributed by atoms with Crippen LogP contribution in [0.15, 0.2) is 97.1 Å². The molecule has 4 aromatic rings. The summed E-state index contributed by atoms with van der Waals surface area (Å²) in [4.78, 5) is 0. The number of aryl methyl sites for hydroxylation is 1. The molecule has 0 saturated carbocycles. The van der Waals surface area contributed by atoms with Crippen molar-refractivity contribution in [2.75, 3.05) is 7.11 Å². The molecule has 156 valence electrons. The maximum atomic E-state index is 5.65. The Hall–Kier alpha value is -2.89. The molecular weight excluding hydrogens is 395 g/mol. The van der Waals surface area contributed by atoms with Crippen LogP contribution in [-0.2, 0) is 6.16 Å². The number of methoxy groups -OCH3 is 1. The van der Waals surface area contributed by atoms with Gasteiger partial charge in [0.15, 0.2) is 0 Å². The van der Waals surface area contributed by atoms with Crippen LogP contribution in [-0.4, -0.2) is 7.11 Å². The Morgan fingerprint density at radius 3 is 1.42 bits per heavy atom. The SMILES string of the molecule is COc1cc(C)c(C[P+](c2ccccc2)(c2ccccc2)c2ccccc2)c(C)c1C. The molecule has 0 unspecified atom stereocenters. The topological polar surface area (TPSA) is 9.23 Å². The summed E-state index contributed by atoms with van der Waals surface area (Å²) in [6.07, 6.45) is 0.994. The van der Waals surface area contributed by atoms with Crippen LogP contribution in [0.1, 0.15) is 22.3 Å². The first kappa shape index (κ1) is 21.3. The normalized spacial score (nSPS) is 11.4. The average molecular weight is 426 g/mol. The summed E-state index contributed by atoms with van der Waals surface area (Å²) >= 11 is 0. The monoisotopic (exact) mass is 425 g/mol. The Labute approximate surface area is 187 Å². The quantitative estimate of drug-likeness (QED) is 0.339. The lowest BCUT2D eigenvalue weighted by atomic mass is 9.98. The molecule has 0 amide bonds. The minimum absolute atomic E-state index is 0.974. The van der Waals surface area contributed by atoms with Crippen LogP contribution in [0.2, 0.25) is 0 Å². The van der Waals surface area contributed by atoms with Gasteiger partial charge in [0.25, 0.3) is 0 Å². The molecule has 0 aliphatic carbocycles. The van der Waals surface area contributed by atoms with Gasteiger partial charge >= 0.3 is 0 Å². The third kappa shape index (κ3) is 3.91. The van der Waals surface area contributed by atoms with E-state index in [0.29, 0.717) is 0 Å². The molecule has 0 N–H and O–H groups in total. The summed E-state index contributed by atoms with van der Waals surface area (Å²) in [7, 11) is -0.153. The standard InChI is InChI=1S/C29H30OP/c1-22-20-29(30-4)24(3)23(2)28(22)21-31(25-14-8-5-9-15-25,26-16-10-6-11-17-26)27-18-12-7-13-19-27/h5-20H,21H2,1-4H3/q+1. The van der Waals surface area contributed by atoms with Crippen molar-refractivity contribution in [2.45, 2.75) is 26.9 Å². The fraction of sp³-hybridized carbons (Fsp3) is 0.172. The highest BCUT2D eigenvalue weighted by Crippen LogP contribution is 2.59. The molecule has 0 aliphatic heterocycles.